The fraction of sp³-hybridized carbons (Fsp3) is 0.364. The van der Waals surface area contributed by atoms with Gasteiger partial charge in [-0.25, -0.2) is 4.99 Å². The van der Waals surface area contributed by atoms with E-state index in [1.54, 1.807) is 19.1 Å². The normalized spacial score (nSPS) is 11.1. The molecule has 0 spiro atoms. The molecule has 0 bridgehead atoms. The van der Waals surface area contributed by atoms with Crippen LogP contribution in [-0.4, -0.2) is 18.7 Å². The van der Waals surface area contributed by atoms with Gasteiger partial charge < -0.3 is 16.2 Å². The van der Waals surface area contributed by atoms with Crippen molar-refractivity contribution >= 4 is 5.96 Å². The Bertz CT molecular complexity index is 440. The third kappa shape index (κ3) is 4.94. The lowest BCUT2D eigenvalue weighted by atomic mass is 10.1. The summed E-state index contributed by atoms with van der Waals surface area (Å²) < 4.78 is 41.0. The summed E-state index contributed by atoms with van der Waals surface area (Å²) in [7, 11) is 0. The highest BCUT2D eigenvalue weighted by molar-refractivity contribution is 5.75. The van der Waals surface area contributed by atoms with Crippen LogP contribution in [0.3, 0.4) is 0 Å². The lowest BCUT2D eigenvalue weighted by Crippen LogP contribution is -2.23. The maximum Gasteiger partial charge on any atom is 0.422 e. The fourth-order valence-corrected chi connectivity index (χ4v) is 1.26. The molecule has 0 aromatic heterocycles. The van der Waals surface area contributed by atoms with Gasteiger partial charge in [-0.2, -0.15) is 13.2 Å². The molecule has 0 saturated carbocycles. The number of guanidine groups is 1. The van der Waals surface area contributed by atoms with Crippen molar-refractivity contribution in [3.8, 4) is 5.75 Å². The van der Waals surface area contributed by atoms with Crippen LogP contribution >= 0.6 is 0 Å². The van der Waals surface area contributed by atoms with Gasteiger partial charge in [0.1, 0.15) is 5.75 Å². The Hall–Kier alpha value is -1.92. The van der Waals surface area contributed by atoms with Crippen LogP contribution in [0.2, 0.25) is 0 Å². The number of nitrogens with zero attached hydrogens (tertiary/aromatic N) is 1. The lowest BCUT2D eigenvalue weighted by molar-refractivity contribution is -0.153. The van der Waals surface area contributed by atoms with Gasteiger partial charge in [0.25, 0.3) is 0 Å². The zero-order valence-corrected chi connectivity index (χ0v) is 9.79. The number of hydrogen-bond acceptors (Lipinski definition) is 2. The summed E-state index contributed by atoms with van der Waals surface area (Å²) >= 11 is 0. The number of benzene rings is 1. The summed E-state index contributed by atoms with van der Waals surface area (Å²) in [5, 5.41) is 0. The first kappa shape index (κ1) is 14.1. The van der Waals surface area contributed by atoms with E-state index < -0.39 is 12.8 Å². The van der Waals surface area contributed by atoms with E-state index in [-0.39, 0.29) is 18.3 Å². The Morgan fingerprint density at radius 1 is 1.33 bits per heavy atom. The Labute approximate surface area is 102 Å². The highest BCUT2D eigenvalue weighted by Gasteiger charge is 2.28. The van der Waals surface area contributed by atoms with Crippen molar-refractivity contribution in [2.24, 2.45) is 16.5 Å². The lowest BCUT2D eigenvalue weighted by Gasteiger charge is -2.13. The van der Waals surface area contributed by atoms with E-state index in [4.69, 9.17) is 16.2 Å². The second kappa shape index (κ2) is 5.61. The molecule has 7 heteroatoms. The number of halogens is 3. The first-order chi connectivity index (χ1) is 8.28. The molecule has 1 aromatic carbocycles. The third-order valence-electron chi connectivity index (χ3n) is 2.05. The minimum absolute atomic E-state index is 0.0792. The van der Waals surface area contributed by atoms with Crippen LogP contribution in [0.4, 0.5) is 13.2 Å². The third-order valence-corrected chi connectivity index (χ3v) is 2.05. The van der Waals surface area contributed by atoms with Gasteiger partial charge in [0.2, 0.25) is 0 Å². The average molecular weight is 261 g/mol. The molecule has 1 aromatic rings. The monoisotopic (exact) mass is 261 g/mol. The topological polar surface area (TPSA) is 73.6 Å². The Balaban J connectivity index is 2.86. The van der Waals surface area contributed by atoms with Gasteiger partial charge in [-0.1, -0.05) is 12.1 Å². The van der Waals surface area contributed by atoms with E-state index >= 15 is 0 Å². The molecule has 0 aliphatic rings. The molecule has 0 atom stereocenters. The summed E-state index contributed by atoms with van der Waals surface area (Å²) in [5.74, 6) is 0.00895. The Morgan fingerprint density at radius 2 is 2.00 bits per heavy atom. The highest BCUT2D eigenvalue weighted by Crippen LogP contribution is 2.24. The summed E-state index contributed by atoms with van der Waals surface area (Å²) in [6.45, 7) is 0.492. The van der Waals surface area contributed by atoms with Crippen molar-refractivity contribution in [3.63, 3.8) is 0 Å². The predicted octanol–water partition coefficient (Wildman–Crippen LogP) is 1.71. The molecule has 0 aliphatic carbocycles. The molecule has 0 fully saturated rings. The second-order valence-electron chi connectivity index (χ2n) is 3.76. The van der Waals surface area contributed by atoms with Crippen molar-refractivity contribution in [2.45, 2.75) is 19.6 Å². The molecule has 4 N–H and O–H groups in total. The summed E-state index contributed by atoms with van der Waals surface area (Å²) in [4.78, 5) is 3.74. The largest absolute Gasteiger partial charge is 0.484 e. The first-order valence-corrected chi connectivity index (χ1v) is 5.12. The van der Waals surface area contributed by atoms with E-state index in [0.717, 1.165) is 5.56 Å². The average Bonchev–Trinajstić information content (AvgIpc) is 2.23. The summed E-state index contributed by atoms with van der Waals surface area (Å²) in [5.41, 5.74) is 11.6. The zero-order valence-electron chi connectivity index (χ0n) is 9.79. The summed E-state index contributed by atoms with van der Waals surface area (Å²) in [6.07, 6.45) is -4.38. The van der Waals surface area contributed by atoms with Crippen LogP contribution < -0.4 is 16.2 Å². The molecule has 100 valence electrons. The molecule has 0 amide bonds. The number of ether oxygens (including phenoxy) is 1. The maximum atomic E-state index is 12.1. The first-order valence-electron chi connectivity index (χ1n) is 5.12. The minimum atomic E-state index is -4.38. The summed E-state index contributed by atoms with van der Waals surface area (Å²) in [6, 6.07) is 4.90. The number of hydrogen-bond donors (Lipinski definition) is 2. The van der Waals surface area contributed by atoms with Gasteiger partial charge in [0.15, 0.2) is 12.6 Å². The van der Waals surface area contributed by atoms with E-state index in [2.05, 4.69) is 4.99 Å². The number of aliphatic imine (C=N–C) groups is 1. The number of alkyl halides is 3. The van der Waals surface area contributed by atoms with Crippen LogP contribution in [0.25, 0.3) is 0 Å². The van der Waals surface area contributed by atoms with Crippen molar-refractivity contribution < 1.29 is 17.9 Å². The molecule has 18 heavy (non-hydrogen) atoms. The smallest absolute Gasteiger partial charge is 0.422 e. The van der Waals surface area contributed by atoms with Gasteiger partial charge in [-0.15, -0.1) is 0 Å². The van der Waals surface area contributed by atoms with Crippen molar-refractivity contribution in [2.75, 3.05) is 6.61 Å². The van der Waals surface area contributed by atoms with Crippen LogP contribution in [0, 0.1) is 6.92 Å². The highest BCUT2D eigenvalue weighted by atomic mass is 19.4. The Morgan fingerprint density at radius 3 is 2.56 bits per heavy atom. The molecule has 0 radical (unpaired) electrons. The van der Waals surface area contributed by atoms with Crippen molar-refractivity contribution in [3.05, 3.63) is 29.3 Å². The molecular formula is C11H14F3N3O. The van der Waals surface area contributed by atoms with Crippen molar-refractivity contribution in [1.82, 2.24) is 0 Å². The Kier molecular flexibility index (Phi) is 4.41. The SMILES string of the molecule is Cc1ccc(CN=C(N)N)c(OCC(F)(F)F)c1. The van der Waals surface area contributed by atoms with Crippen LogP contribution in [0.5, 0.6) is 5.75 Å². The quantitative estimate of drug-likeness (QED) is 0.640. The van der Waals surface area contributed by atoms with Gasteiger partial charge in [-0.3, -0.25) is 0 Å². The number of rotatable bonds is 4. The molecule has 0 saturated heterocycles. The molecule has 1 rings (SSSR count). The fourth-order valence-electron chi connectivity index (χ4n) is 1.26. The zero-order chi connectivity index (χ0) is 13.8. The maximum absolute atomic E-state index is 12.1. The van der Waals surface area contributed by atoms with Crippen LogP contribution in [-0.2, 0) is 6.54 Å². The van der Waals surface area contributed by atoms with Crippen LogP contribution in [0.15, 0.2) is 23.2 Å². The van der Waals surface area contributed by atoms with Crippen LogP contribution in [0.1, 0.15) is 11.1 Å². The van der Waals surface area contributed by atoms with Gasteiger partial charge in [-0.05, 0) is 18.6 Å². The van der Waals surface area contributed by atoms with Gasteiger partial charge in [0, 0.05) is 5.56 Å². The number of aryl methyl sites for hydroxylation is 1. The predicted molar refractivity (Wildman–Crippen MR) is 62.2 cm³/mol. The molecular weight excluding hydrogens is 247 g/mol. The number of nitrogens with two attached hydrogens (primary N) is 2. The molecule has 0 aliphatic heterocycles. The molecule has 0 heterocycles. The van der Waals surface area contributed by atoms with Gasteiger partial charge >= 0.3 is 6.18 Å². The second-order valence-corrected chi connectivity index (χ2v) is 3.76. The van der Waals surface area contributed by atoms with E-state index in [1.807, 2.05) is 0 Å². The van der Waals surface area contributed by atoms with E-state index in [0.29, 0.717) is 5.56 Å². The molecule has 4 nitrogen and oxygen atoms in total. The minimum Gasteiger partial charge on any atom is -0.484 e. The van der Waals surface area contributed by atoms with Gasteiger partial charge in [0.05, 0.1) is 6.54 Å². The standard InChI is InChI=1S/C11H14F3N3O/c1-7-2-3-8(5-17-10(15)16)9(4-7)18-6-11(12,13)14/h2-4H,5-6H2,1H3,(H4,15,16,17). The molecule has 0 unspecified atom stereocenters. The van der Waals surface area contributed by atoms with Crippen molar-refractivity contribution in [1.29, 1.82) is 0 Å². The van der Waals surface area contributed by atoms with E-state index in [9.17, 15) is 13.2 Å². The van der Waals surface area contributed by atoms with E-state index in [1.165, 1.54) is 6.07 Å².